The fourth-order valence-electron chi connectivity index (χ4n) is 3.00. The van der Waals surface area contributed by atoms with Crippen molar-refractivity contribution in [3.05, 3.63) is 12.7 Å². The molecule has 1 nitrogen and oxygen atoms in total. The summed E-state index contributed by atoms with van der Waals surface area (Å²) < 4.78 is 0. The fourth-order valence-corrected chi connectivity index (χ4v) is 3.00. The van der Waals surface area contributed by atoms with E-state index in [9.17, 15) is 4.79 Å². The SMILES string of the molecule is C=C[C@@]12CC[C@H](C1)C(C)(C)C2=O. The summed E-state index contributed by atoms with van der Waals surface area (Å²) in [7, 11) is 0. The van der Waals surface area contributed by atoms with Gasteiger partial charge in [0.05, 0.1) is 0 Å². The lowest BCUT2D eigenvalue weighted by Gasteiger charge is -2.31. The monoisotopic (exact) mass is 164 g/mol. The van der Waals surface area contributed by atoms with Crippen LogP contribution in [0.2, 0.25) is 0 Å². The largest absolute Gasteiger partial charge is 0.298 e. The zero-order chi connectivity index (χ0) is 8.98. The van der Waals surface area contributed by atoms with Crippen LogP contribution >= 0.6 is 0 Å². The van der Waals surface area contributed by atoms with Crippen LogP contribution in [-0.2, 0) is 4.79 Å². The van der Waals surface area contributed by atoms with Gasteiger partial charge in [0.25, 0.3) is 0 Å². The molecule has 0 radical (unpaired) electrons. The highest BCUT2D eigenvalue weighted by atomic mass is 16.1. The summed E-state index contributed by atoms with van der Waals surface area (Å²) in [5.74, 6) is 1.05. The molecule has 0 aromatic carbocycles. The third-order valence-corrected chi connectivity index (χ3v) is 4.00. The highest BCUT2D eigenvalue weighted by molar-refractivity contribution is 5.94. The molecule has 0 aromatic heterocycles. The molecule has 0 aliphatic heterocycles. The summed E-state index contributed by atoms with van der Waals surface area (Å²) in [5.41, 5.74) is -0.208. The first-order valence-corrected chi connectivity index (χ1v) is 4.71. The smallest absolute Gasteiger partial charge is 0.148 e. The Morgan fingerprint density at radius 3 is 2.58 bits per heavy atom. The highest BCUT2D eigenvalue weighted by Crippen LogP contribution is 2.60. The quantitative estimate of drug-likeness (QED) is 0.544. The molecule has 2 bridgehead atoms. The summed E-state index contributed by atoms with van der Waals surface area (Å²) in [4.78, 5) is 12.0. The maximum absolute atomic E-state index is 12.0. The van der Waals surface area contributed by atoms with E-state index in [0.29, 0.717) is 11.7 Å². The molecule has 0 unspecified atom stereocenters. The molecule has 0 amide bonds. The lowest BCUT2D eigenvalue weighted by Crippen LogP contribution is -2.35. The lowest BCUT2D eigenvalue weighted by molar-refractivity contribution is -0.133. The molecule has 2 atom stereocenters. The van der Waals surface area contributed by atoms with Crippen molar-refractivity contribution in [1.29, 1.82) is 0 Å². The zero-order valence-corrected chi connectivity index (χ0v) is 7.89. The van der Waals surface area contributed by atoms with E-state index in [4.69, 9.17) is 0 Å². The zero-order valence-electron chi connectivity index (χ0n) is 7.89. The number of ketones is 1. The second kappa shape index (κ2) is 2.01. The Balaban J connectivity index is 2.44. The Bertz CT molecular complexity index is 252. The number of rotatable bonds is 1. The van der Waals surface area contributed by atoms with Crippen molar-refractivity contribution < 1.29 is 4.79 Å². The van der Waals surface area contributed by atoms with Crippen LogP contribution in [0.5, 0.6) is 0 Å². The highest BCUT2D eigenvalue weighted by Gasteiger charge is 2.59. The van der Waals surface area contributed by atoms with Crippen LogP contribution in [0.3, 0.4) is 0 Å². The predicted molar refractivity (Wildman–Crippen MR) is 48.8 cm³/mol. The van der Waals surface area contributed by atoms with Crippen molar-refractivity contribution in [3.63, 3.8) is 0 Å². The molecule has 0 aromatic rings. The molecule has 2 rings (SSSR count). The third kappa shape index (κ3) is 0.675. The number of hydrogen-bond acceptors (Lipinski definition) is 1. The van der Waals surface area contributed by atoms with Gasteiger partial charge in [-0.25, -0.2) is 0 Å². The molecule has 2 fully saturated rings. The molecular formula is C11H16O. The van der Waals surface area contributed by atoms with Crippen molar-refractivity contribution in [3.8, 4) is 0 Å². The average molecular weight is 164 g/mol. The van der Waals surface area contributed by atoms with Crippen LogP contribution in [0.15, 0.2) is 12.7 Å². The van der Waals surface area contributed by atoms with E-state index in [1.165, 1.54) is 6.42 Å². The Hall–Kier alpha value is -0.590. The number of carbonyl (C=O) groups is 1. The maximum Gasteiger partial charge on any atom is 0.148 e. The molecule has 2 aliphatic carbocycles. The molecule has 66 valence electrons. The number of fused-ring (bicyclic) bond motifs is 2. The lowest BCUT2D eigenvalue weighted by atomic mass is 9.71. The number of carbonyl (C=O) groups excluding carboxylic acids is 1. The standard InChI is InChI=1S/C11H16O/c1-4-11-6-5-8(7-11)10(2,3)9(11)12/h4,8H,1,5-7H2,2-3H3/t8-,11-/m1/s1. The summed E-state index contributed by atoms with van der Waals surface area (Å²) in [6.07, 6.45) is 5.21. The first-order chi connectivity index (χ1) is 5.53. The van der Waals surface area contributed by atoms with Crippen LogP contribution in [0.25, 0.3) is 0 Å². The van der Waals surface area contributed by atoms with Gasteiger partial charge >= 0.3 is 0 Å². The van der Waals surface area contributed by atoms with Gasteiger partial charge in [0.1, 0.15) is 5.78 Å². The summed E-state index contributed by atoms with van der Waals surface area (Å²) in [6.45, 7) is 7.98. The van der Waals surface area contributed by atoms with Crippen molar-refractivity contribution in [2.24, 2.45) is 16.7 Å². The Morgan fingerprint density at radius 2 is 2.25 bits per heavy atom. The minimum atomic E-state index is -0.131. The first-order valence-electron chi connectivity index (χ1n) is 4.71. The molecule has 0 N–H and O–H groups in total. The second-order valence-corrected chi connectivity index (χ2v) is 4.85. The van der Waals surface area contributed by atoms with Crippen molar-refractivity contribution in [1.82, 2.24) is 0 Å². The van der Waals surface area contributed by atoms with Gasteiger partial charge in [-0.3, -0.25) is 4.79 Å². The molecule has 12 heavy (non-hydrogen) atoms. The Kier molecular flexibility index (Phi) is 1.35. The van der Waals surface area contributed by atoms with Gasteiger partial charge in [0, 0.05) is 10.8 Å². The van der Waals surface area contributed by atoms with Crippen LogP contribution in [-0.4, -0.2) is 5.78 Å². The van der Waals surface area contributed by atoms with Gasteiger partial charge in [0.2, 0.25) is 0 Å². The van der Waals surface area contributed by atoms with Gasteiger partial charge < -0.3 is 0 Å². The van der Waals surface area contributed by atoms with Gasteiger partial charge in [0.15, 0.2) is 0 Å². The van der Waals surface area contributed by atoms with Crippen LogP contribution in [0.4, 0.5) is 0 Å². The summed E-state index contributed by atoms with van der Waals surface area (Å²) in [5, 5.41) is 0. The van der Waals surface area contributed by atoms with Gasteiger partial charge in [-0.15, -0.1) is 6.58 Å². The topological polar surface area (TPSA) is 17.1 Å². The van der Waals surface area contributed by atoms with Crippen molar-refractivity contribution in [2.45, 2.75) is 33.1 Å². The molecule has 0 saturated heterocycles. The number of Topliss-reactive ketones (excluding diaryl/α,β-unsaturated/α-hetero) is 1. The van der Waals surface area contributed by atoms with Gasteiger partial charge in [-0.05, 0) is 25.2 Å². The second-order valence-electron chi connectivity index (χ2n) is 4.85. The molecular weight excluding hydrogens is 148 g/mol. The van der Waals surface area contributed by atoms with Crippen LogP contribution in [0.1, 0.15) is 33.1 Å². The van der Waals surface area contributed by atoms with Crippen LogP contribution < -0.4 is 0 Å². The van der Waals surface area contributed by atoms with Gasteiger partial charge in [-0.2, -0.15) is 0 Å². The minimum absolute atomic E-state index is 0.0769. The van der Waals surface area contributed by atoms with E-state index in [1.54, 1.807) is 0 Å². The number of allylic oxidation sites excluding steroid dienone is 1. The maximum atomic E-state index is 12.0. The predicted octanol–water partition coefficient (Wildman–Crippen LogP) is 2.57. The van der Waals surface area contributed by atoms with Crippen molar-refractivity contribution >= 4 is 5.78 Å². The summed E-state index contributed by atoms with van der Waals surface area (Å²) >= 11 is 0. The normalized spacial score (nSPS) is 43.5. The van der Waals surface area contributed by atoms with Gasteiger partial charge in [-0.1, -0.05) is 19.9 Å². The number of hydrogen-bond donors (Lipinski definition) is 0. The van der Waals surface area contributed by atoms with Crippen LogP contribution in [0, 0.1) is 16.7 Å². The molecule has 2 saturated carbocycles. The molecule has 0 heterocycles. The summed E-state index contributed by atoms with van der Waals surface area (Å²) in [6, 6.07) is 0. The first kappa shape index (κ1) is 8.03. The Morgan fingerprint density at radius 1 is 1.58 bits per heavy atom. The molecule has 2 aliphatic rings. The minimum Gasteiger partial charge on any atom is -0.298 e. The Labute approximate surface area is 73.8 Å². The molecule has 0 spiro atoms. The van der Waals surface area contributed by atoms with E-state index >= 15 is 0 Å². The van der Waals surface area contributed by atoms with E-state index < -0.39 is 0 Å². The van der Waals surface area contributed by atoms with E-state index in [-0.39, 0.29) is 10.8 Å². The van der Waals surface area contributed by atoms with Crippen molar-refractivity contribution in [2.75, 3.05) is 0 Å². The van der Waals surface area contributed by atoms with E-state index in [2.05, 4.69) is 20.4 Å². The average Bonchev–Trinajstić information content (AvgIpc) is 2.53. The molecule has 1 heteroatoms. The van der Waals surface area contributed by atoms with E-state index in [1.807, 2.05) is 6.08 Å². The third-order valence-electron chi connectivity index (χ3n) is 4.00. The van der Waals surface area contributed by atoms with E-state index in [0.717, 1.165) is 12.8 Å². The fraction of sp³-hybridized carbons (Fsp3) is 0.727.